The van der Waals surface area contributed by atoms with E-state index in [2.05, 4.69) is 24.5 Å². The lowest BCUT2D eigenvalue weighted by Gasteiger charge is -2.12. The van der Waals surface area contributed by atoms with Gasteiger partial charge >= 0.3 is 5.69 Å². The molecule has 1 atom stereocenters. The van der Waals surface area contributed by atoms with E-state index in [1.807, 2.05) is 24.3 Å². The van der Waals surface area contributed by atoms with E-state index in [1.165, 1.54) is 23.8 Å². The molecule has 0 heterocycles. The van der Waals surface area contributed by atoms with Gasteiger partial charge in [0.05, 0.1) is 11.5 Å². The predicted octanol–water partition coefficient (Wildman–Crippen LogP) is 4.63. The minimum absolute atomic E-state index is 0.109. The number of carbonyl (C=O) groups excluding carboxylic acids is 1. The largest absolute Gasteiger partial charge is 0.487 e. The summed E-state index contributed by atoms with van der Waals surface area (Å²) in [5, 5.41) is 16.8. The smallest absolute Gasteiger partial charge is 0.311 e. The van der Waals surface area contributed by atoms with Crippen molar-refractivity contribution >= 4 is 34.6 Å². The molecule has 2 aromatic carbocycles. The third-order valence-electron chi connectivity index (χ3n) is 4.29. The molecule has 7 nitrogen and oxygen atoms in total. The van der Waals surface area contributed by atoms with Gasteiger partial charge in [-0.25, -0.2) is 0 Å². The summed E-state index contributed by atoms with van der Waals surface area (Å²) >= 11 is 5.17. The highest BCUT2D eigenvalue weighted by Crippen LogP contribution is 2.28. The maximum absolute atomic E-state index is 12.4. The second-order valence-corrected chi connectivity index (χ2v) is 6.62. The van der Waals surface area contributed by atoms with Gasteiger partial charge < -0.3 is 10.1 Å². The number of amides is 1. The first kappa shape index (κ1) is 21.3. The average molecular weight is 401 g/mol. The third-order valence-corrected chi connectivity index (χ3v) is 4.50. The van der Waals surface area contributed by atoms with Gasteiger partial charge in [0.1, 0.15) is 0 Å². The van der Waals surface area contributed by atoms with Crippen LogP contribution in [0.25, 0.3) is 0 Å². The van der Waals surface area contributed by atoms with E-state index in [0.717, 1.165) is 12.1 Å². The molecule has 28 heavy (non-hydrogen) atoms. The van der Waals surface area contributed by atoms with Crippen molar-refractivity contribution in [3.63, 3.8) is 0 Å². The van der Waals surface area contributed by atoms with Gasteiger partial charge in [-0.2, -0.15) is 0 Å². The van der Waals surface area contributed by atoms with Crippen LogP contribution in [0.15, 0.2) is 42.5 Å². The van der Waals surface area contributed by atoms with Crippen LogP contribution < -0.4 is 15.4 Å². The van der Waals surface area contributed by atoms with Crippen LogP contribution in [0.2, 0.25) is 0 Å². The lowest BCUT2D eigenvalue weighted by molar-refractivity contribution is -0.385. The van der Waals surface area contributed by atoms with Gasteiger partial charge in [-0.1, -0.05) is 26.0 Å². The van der Waals surface area contributed by atoms with Gasteiger partial charge in [0, 0.05) is 17.3 Å². The van der Waals surface area contributed by atoms with E-state index < -0.39 is 10.8 Å². The average Bonchev–Trinajstić information content (AvgIpc) is 2.68. The Bertz CT molecular complexity index is 868. The number of nitro groups is 1. The molecule has 1 amide bonds. The molecule has 8 heteroatoms. The molecule has 0 radical (unpaired) electrons. The maximum Gasteiger partial charge on any atom is 0.311 e. The molecule has 0 saturated heterocycles. The van der Waals surface area contributed by atoms with Crippen LogP contribution in [0.5, 0.6) is 5.75 Å². The molecule has 0 bridgehead atoms. The second kappa shape index (κ2) is 9.80. The molecule has 0 aliphatic carbocycles. The molecule has 0 saturated carbocycles. The summed E-state index contributed by atoms with van der Waals surface area (Å²) in [5.74, 6) is 0.0437. The zero-order valence-electron chi connectivity index (χ0n) is 16.0. The Morgan fingerprint density at radius 1 is 1.21 bits per heavy atom. The van der Waals surface area contributed by atoms with Crippen molar-refractivity contribution in [2.45, 2.75) is 33.1 Å². The third kappa shape index (κ3) is 5.50. The number of anilines is 1. The first-order valence-corrected chi connectivity index (χ1v) is 9.40. The summed E-state index contributed by atoms with van der Waals surface area (Å²) in [4.78, 5) is 23.0. The minimum Gasteiger partial charge on any atom is -0.487 e. The van der Waals surface area contributed by atoms with Gasteiger partial charge in [-0.3, -0.25) is 20.2 Å². The highest BCUT2D eigenvalue weighted by Gasteiger charge is 2.19. The van der Waals surface area contributed by atoms with Crippen molar-refractivity contribution in [2.75, 3.05) is 11.9 Å². The van der Waals surface area contributed by atoms with Crippen LogP contribution in [-0.2, 0) is 0 Å². The molecule has 0 spiro atoms. The van der Waals surface area contributed by atoms with E-state index in [-0.39, 0.29) is 28.7 Å². The molecule has 2 rings (SSSR count). The monoisotopic (exact) mass is 401 g/mol. The van der Waals surface area contributed by atoms with Crippen LogP contribution in [0.4, 0.5) is 11.4 Å². The molecule has 0 aliphatic heterocycles. The number of nitrogens with one attached hydrogen (secondary N) is 2. The lowest BCUT2D eigenvalue weighted by Crippen LogP contribution is -2.34. The molecule has 0 aromatic heterocycles. The molecule has 2 aromatic rings. The Morgan fingerprint density at radius 3 is 2.46 bits per heavy atom. The number of hydrogen-bond donors (Lipinski definition) is 2. The predicted molar refractivity (Wildman–Crippen MR) is 113 cm³/mol. The summed E-state index contributed by atoms with van der Waals surface area (Å²) in [6.07, 6.45) is 1.05. The van der Waals surface area contributed by atoms with Gasteiger partial charge in [-0.15, -0.1) is 0 Å². The number of thiocarbonyl (C=S) groups is 1. The van der Waals surface area contributed by atoms with Crippen LogP contribution in [0.1, 0.15) is 49.0 Å². The van der Waals surface area contributed by atoms with Gasteiger partial charge in [-0.05, 0) is 61.3 Å². The molecule has 0 fully saturated rings. The molecular formula is C20H23N3O4S. The molecule has 1 unspecified atom stereocenters. The highest BCUT2D eigenvalue weighted by molar-refractivity contribution is 7.80. The summed E-state index contributed by atoms with van der Waals surface area (Å²) in [6, 6.07) is 11.8. The van der Waals surface area contributed by atoms with E-state index in [0.29, 0.717) is 5.92 Å². The molecule has 0 aliphatic rings. The number of carbonyl (C=O) groups is 1. The zero-order chi connectivity index (χ0) is 20.7. The minimum atomic E-state index is -0.586. The van der Waals surface area contributed by atoms with Crippen molar-refractivity contribution in [1.82, 2.24) is 5.32 Å². The number of hydrogen-bond acceptors (Lipinski definition) is 5. The van der Waals surface area contributed by atoms with Crippen LogP contribution >= 0.6 is 12.2 Å². The van der Waals surface area contributed by atoms with Gasteiger partial charge in [0.25, 0.3) is 5.91 Å². The van der Waals surface area contributed by atoms with E-state index in [1.54, 1.807) is 6.92 Å². The van der Waals surface area contributed by atoms with Crippen molar-refractivity contribution in [2.24, 2.45) is 0 Å². The zero-order valence-corrected chi connectivity index (χ0v) is 16.8. The lowest BCUT2D eigenvalue weighted by atomic mass is 9.99. The summed E-state index contributed by atoms with van der Waals surface area (Å²) in [6.45, 7) is 6.30. The van der Waals surface area contributed by atoms with Crippen molar-refractivity contribution in [3.05, 3.63) is 63.7 Å². The first-order chi connectivity index (χ1) is 13.3. The highest BCUT2D eigenvalue weighted by atomic mass is 32.1. The fraction of sp³-hybridized carbons (Fsp3) is 0.300. The summed E-state index contributed by atoms with van der Waals surface area (Å²) in [5.41, 5.74) is 1.82. The molecular weight excluding hydrogens is 378 g/mol. The quantitative estimate of drug-likeness (QED) is 0.399. The Hall–Kier alpha value is -3.00. The normalized spacial score (nSPS) is 11.4. The first-order valence-electron chi connectivity index (χ1n) is 8.99. The van der Waals surface area contributed by atoms with E-state index in [9.17, 15) is 14.9 Å². The number of ether oxygens (including phenoxy) is 1. The topological polar surface area (TPSA) is 93.5 Å². The standard InChI is InChI=1S/C20H23N3O4S/c1-4-13(3)14-6-9-16(10-7-14)21-20(28)22-19(24)15-8-11-18(27-5-2)17(12-15)23(25)26/h6-13H,4-5H2,1-3H3,(H2,21,22,24,28). The van der Waals surface area contributed by atoms with E-state index >= 15 is 0 Å². The number of nitrogens with zero attached hydrogens (tertiary/aromatic N) is 1. The van der Waals surface area contributed by atoms with Crippen molar-refractivity contribution in [1.29, 1.82) is 0 Å². The van der Waals surface area contributed by atoms with Crippen LogP contribution in [-0.4, -0.2) is 22.5 Å². The Labute approximate surface area is 169 Å². The maximum atomic E-state index is 12.4. The fourth-order valence-corrected chi connectivity index (χ4v) is 2.76. The van der Waals surface area contributed by atoms with Crippen LogP contribution in [0.3, 0.4) is 0 Å². The van der Waals surface area contributed by atoms with Gasteiger partial charge in [0.15, 0.2) is 10.9 Å². The van der Waals surface area contributed by atoms with Gasteiger partial charge in [0.2, 0.25) is 0 Å². The fourth-order valence-electron chi connectivity index (χ4n) is 2.55. The SMILES string of the molecule is CCOc1ccc(C(=O)NC(=S)Nc2ccc(C(C)CC)cc2)cc1[N+](=O)[O-]. The summed E-state index contributed by atoms with van der Waals surface area (Å²) < 4.78 is 5.22. The Morgan fingerprint density at radius 2 is 1.89 bits per heavy atom. The number of benzene rings is 2. The summed E-state index contributed by atoms with van der Waals surface area (Å²) in [7, 11) is 0. The van der Waals surface area contributed by atoms with Crippen LogP contribution in [0, 0.1) is 10.1 Å². The second-order valence-electron chi connectivity index (χ2n) is 6.21. The Kier molecular flexibility index (Phi) is 7.45. The van der Waals surface area contributed by atoms with Crippen molar-refractivity contribution in [3.8, 4) is 5.75 Å². The molecule has 148 valence electrons. The van der Waals surface area contributed by atoms with Crippen molar-refractivity contribution < 1.29 is 14.5 Å². The van der Waals surface area contributed by atoms with E-state index in [4.69, 9.17) is 17.0 Å². The Balaban J connectivity index is 2.05. The number of rotatable bonds is 7. The number of nitro benzene ring substituents is 1. The molecule has 2 N–H and O–H groups in total.